The lowest BCUT2D eigenvalue weighted by atomic mass is 9.92. The average molecular weight is 655 g/mol. The molecule has 2 N–H and O–H groups in total. The van der Waals surface area contributed by atoms with Crippen molar-refractivity contribution >= 4 is 23.6 Å². The van der Waals surface area contributed by atoms with E-state index in [1.165, 1.54) is 0 Å². The second kappa shape index (κ2) is 14.8. The van der Waals surface area contributed by atoms with Gasteiger partial charge in [0, 0.05) is 42.7 Å². The molecule has 3 amide bonds. The predicted molar refractivity (Wildman–Crippen MR) is 186 cm³/mol. The number of rotatable bonds is 9. The summed E-state index contributed by atoms with van der Waals surface area (Å²) in [5.41, 5.74) is 1.54. The second-order valence-corrected chi connectivity index (χ2v) is 14.0. The number of nitrogens with zero attached hydrogens (tertiary/aromatic N) is 4. The SMILES string of the molecule is CC(C)(C)OC(=O)N1CCC(CCOc2ccc(-n3nc(C(C)(C)C)cc3NC(=O)Nc3ccc(Oc4ccncc4)cc3)cc2)CC1. The number of hydrogen-bond acceptors (Lipinski definition) is 7. The number of amides is 3. The van der Waals surface area contributed by atoms with Gasteiger partial charge in [-0.05, 0) is 107 Å². The van der Waals surface area contributed by atoms with E-state index >= 15 is 0 Å². The molecule has 11 nitrogen and oxygen atoms in total. The van der Waals surface area contributed by atoms with Crippen LogP contribution in [0, 0.1) is 5.92 Å². The van der Waals surface area contributed by atoms with Gasteiger partial charge in [-0.3, -0.25) is 10.3 Å². The van der Waals surface area contributed by atoms with Gasteiger partial charge in [0.15, 0.2) is 0 Å². The van der Waals surface area contributed by atoms with Crippen LogP contribution in [0.1, 0.15) is 66.5 Å². The number of urea groups is 1. The Kier molecular flexibility index (Phi) is 10.6. The molecule has 4 aromatic rings. The van der Waals surface area contributed by atoms with Gasteiger partial charge in [-0.2, -0.15) is 5.10 Å². The Bertz CT molecular complexity index is 1650. The standard InChI is InChI=1S/C37H46N6O5/c1-36(2,3)32-25-33(40-34(44)39-27-7-11-30(12-8-27)47-31-15-20-38-21-16-31)43(41-32)28-9-13-29(14-10-28)46-24-19-26-17-22-42(23-18-26)35(45)48-37(4,5)6/h7-16,20-21,25-26H,17-19,22-24H2,1-6H3,(H2,39,40,44). The number of pyridine rings is 1. The van der Waals surface area contributed by atoms with Gasteiger partial charge in [-0.25, -0.2) is 14.3 Å². The van der Waals surface area contributed by atoms with Gasteiger partial charge in [-0.15, -0.1) is 0 Å². The minimum Gasteiger partial charge on any atom is -0.494 e. The fourth-order valence-corrected chi connectivity index (χ4v) is 5.22. The molecule has 0 radical (unpaired) electrons. The minimum atomic E-state index is -0.484. The third-order valence-electron chi connectivity index (χ3n) is 7.86. The first-order valence-corrected chi connectivity index (χ1v) is 16.4. The van der Waals surface area contributed by atoms with Gasteiger partial charge >= 0.3 is 12.1 Å². The summed E-state index contributed by atoms with van der Waals surface area (Å²) in [6.45, 7) is 13.9. The minimum absolute atomic E-state index is 0.227. The lowest BCUT2D eigenvalue weighted by molar-refractivity contribution is 0.0177. The van der Waals surface area contributed by atoms with E-state index in [1.807, 2.05) is 51.1 Å². The molecule has 2 aromatic carbocycles. The third-order valence-corrected chi connectivity index (χ3v) is 7.86. The summed E-state index contributed by atoms with van der Waals surface area (Å²) in [5.74, 6) is 3.13. The number of likely N-dealkylation sites (tertiary alicyclic amines) is 1. The molecule has 1 aliphatic heterocycles. The van der Waals surface area contributed by atoms with Crippen LogP contribution >= 0.6 is 0 Å². The summed E-state index contributed by atoms with van der Waals surface area (Å²) in [5, 5.41) is 10.7. The lowest BCUT2D eigenvalue weighted by Crippen LogP contribution is -2.41. The van der Waals surface area contributed by atoms with Crippen LogP contribution < -0.4 is 20.1 Å². The zero-order valence-electron chi connectivity index (χ0n) is 28.7. The molecule has 0 spiro atoms. The summed E-state index contributed by atoms with van der Waals surface area (Å²) in [4.78, 5) is 31.2. The highest BCUT2D eigenvalue weighted by Crippen LogP contribution is 2.28. The maximum Gasteiger partial charge on any atom is 0.410 e. The van der Waals surface area contributed by atoms with Gasteiger partial charge in [0.1, 0.15) is 28.7 Å². The van der Waals surface area contributed by atoms with E-state index in [1.54, 1.807) is 58.4 Å². The molecule has 2 aromatic heterocycles. The number of piperidine rings is 1. The summed E-state index contributed by atoms with van der Waals surface area (Å²) >= 11 is 0. The fraction of sp³-hybridized carbons (Fsp3) is 0.405. The third kappa shape index (κ3) is 9.73. The highest BCUT2D eigenvalue weighted by Gasteiger charge is 2.27. The topological polar surface area (TPSA) is 120 Å². The summed E-state index contributed by atoms with van der Waals surface area (Å²) in [6.07, 6.45) is 5.89. The Morgan fingerprint density at radius 3 is 2.08 bits per heavy atom. The first-order valence-electron chi connectivity index (χ1n) is 16.4. The Labute approximate surface area is 282 Å². The fourth-order valence-electron chi connectivity index (χ4n) is 5.22. The number of benzene rings is 2. The summed E-state index contributed by atoms with van der Waals surface area (Å²) in [6, 6.07) is 19.9. The second-order valence-electron chi connectivity index (χ2n) is 14.0. The summed E-state index contributed by atoms with van der Waals surface area (Å²) < 4.78 is 19.1. The average Bonchev–Trinajstić information content (AvgIpc) is 3.47. The largest absolute Gasteiger partial charge is 0.494 e. The number of hydrogen-bond donors (Lipinski definition) is 2. The first-order chi connectivity index (χ1) is 22.8. The smallest absolute Gasteiger partial charge is 0.410 e. The van der Waals surface area contributed by atoms with Gasteiger partial charge in [-0.1, -0.05) is 20.8 Å². The van der Waals surface area contributed by atoms with Gasteiger partial charge < -0.3 is 24.4 Å². The summed E-state index contributed by atoms with van der Waals surface area (Å²) in [7, 11) is 0. The predicted octanol–water partition coefficient (Wildman–Crippen LogP) is 8.42. The van der Waals surface area contributed by atoms with Crippen LogP contribution in [0.25, 0.3) is 5.69 Å². The van der Waals surface area contributed by atoms with E-state index in [-0.39, 0.29) is 11.5 Å². The van der Waals surface area contributed by atoms with E-state index in [9.17, 15) is 9.59 Å². The van der Waals surface area contributed by atoms with Crippen molar-refractivity contribution in [3.63, 3.8) is 0 Å². The monoisotopic (exact) mass is 654 g/mol. The molecule has 11 heteroatoms. The zero-order chi connectivity index (χ0) is 34.3. The molecular formula is C37H46N6O5. The normalized spacial score (nSPS) is 13.9. The quantitative estimate of drug-likeness (QED) is 0.186. The van der Waals surface area contributed by atoms with Crippen molar-refractivity contribution in [2.24, 2.45) is 5.92 Å². The number of carbonyl (C=O) groups is 2. The number of anilines is 2. The molecule has 48 heavy (non-hydrogen) atoms. The van der Waals surface area contributed by atoms with Gasteiger partial charge in [0.25, 0.3) is 0 Å². The maximum atomic E-state index is 13.1. The molecule has 254 valence electrons. The molecule has 0 saturated carbocycles. The molecule has 5 rings (SSSR count). The molecule has 0 atom stereocenters. The lowest BCUT2D eigenvalue weighted by Gasteiger charge is -2.33. The maximum absolute atomic E-state index is 13.1. The van der Waals surface area contributed by atoms with Crippen molar-refractivity contribution in [3.05, 3.63) is 84.8 Å². The molecule has 0 unspecified atom stereocenters. The van der Waals surface area contributed by atoms with Crippen LogP contribution in [-0.2, 0) is 10.2 Å². The van der Waals surface area contributed by atoms with Crippen LogP contribution in [0.5, 0.6) is 17.2 Å². The van der Waals surface area contributed by atoms with Crippen LogP contribution in [0.15, 0.2) is 79.1 Å². The van der Waals surface area contributed by atoms with Crippen molar-refractivity contribution in [2.75, 3.05) is 30.3 Å². The highest BCUT2D eigenvalue weighted by atomic mass is 16.6. The van der Waals surface area contributed by atoms with Crippen LogP contribution in [-0.4, -0.2) is 57.1 Å². The number of nitrogens with one attached hydrogen (secondary N) is 2. The van der Waals surface area contributed by atoms with Crippen molar-refractivity contribution in [1.29, 1.82) is 0 Å². The van der Waals surface area contributed by atoms with Crippen molar-refractivity contribution in [3.8, 4) is 22.9 Å². The van der Waals surface area contributed by atoms with Crippen molar-refractivity contribution in [2.45, 2.75) is 71.8 Å². The number of carbonyl (C=O) groups excluding carboxylic acids is 2. The molecule has 0 aliphatic carbocycles. The molecule has 1 saturated heterocycles. The van der Waals surface area contributed by atoms with Crippen molar-refractivity contribution in [1.82, 2.24) is 19.7 Å². The van der Waals surface area contributed by atoms with Crippen LogP contribution in [0.3, 0.4) is 0 Å². The van der Waals surface area contributed by atoms with E-state index in [2.05, 4.69) is 36.4 Å². The molecule has 1 fully saturated rings. The van der Waals surface area contributed by atoms with Crippen molar-refractivity contribution < 1.29 is 23.8 Å². The Morgan fingerprint density at radius 2 is 1.46 bits per heavy atom. The Balaban J connectivity index is 1.15. The van der Waals surface area contributed by atoms with Crippen LogP contribution in [0.2, 0.25) is 0 Å². The number of aromatic nitrogens is 3. The van der Waals surface area contributed by atoms with Gasteiger partial charge in [0.05, 0.1) is 18.0 Å². The van der Waals surface area contributed by atoms with E-state index in [0.717, 1.165) is 36.4 Å². The Hall–Kier alpha value is -5.06. The highest BCUT2D eigenvalue weighted by molar-refractivity contribution is 5.99. The van der Waals surface area contributed by atoms with E-state index < -0.39 is 11.6 Å². The Morgan fingerprint density at radius 1 is 0.833 bits per heavy atom. The molecule has 1 aliphatic rings. The van der Waals surface area contributed by atoms with Crippen LogP contribution in [0.4, 0.5) is 21.1 Å². The molecule has 0 bridgehead atoms. The number of ether oxygens (including phenoxy) is 3. The van der Waals surface area contributed by atoms with E-state index in [4.69, 9.17) is 19.3 Å². The molecular weight excluding hydrogens is 608 g/mol. The molecule has 3 heterocycles. The first kappa shape index (κ1) is 34.3. The van der Waals surface area contributed by atoms with E-state index in [0.29, 0.717) is 48.6 Å². The van der Waals surface area contributed by atoms with Gasteiger partial charge in [0.2, 0.25) is 0 Å². The zero-order valence-corrected chi connectivity index (χ0v) is 28.7.